The van der Waals surface area contributed by atoms with Gasteiger partial charge in [0.05, 0.1) is 11.3 Å². The molecule has 0 spiro atoms. The number of β-amino-alcohol motifs (C(OH)–C–C–N with tert-alkyl or cyclic N) is 1. The Morgan fingerprint density at radius 3 is 2.59 bits per heavy atom. The highest BCUT2D eigenvalue weighted by Crippen LogP contribution is 2.29. The van der Waals surface area contributed by atoms with Crippen LogP contribution in [0.15, 0.2) is 11.1 Å². The van der Waals surface area contributed by atoms with Crippen molar-refractivity contribution in [1.82, 2.24) is 19.0 Å². The fourth-order valence-corrected chi connectivity index (χ4v) is 5.20. The fraction of sp³-hybridized carbons (Fsp3) is 0.786. The van der Waals surface area contributed by atoms with E-state index in [2.05, 4.69) is 10.00 Å². The van der Waals surface area contributed by atoms with E-state index < -0.39 is 15.6 Å². The summed E-state index contributed by atoms with van der Waals surface area (Å²) >= 11 is 0. The molecule has 2 aliphatic heterocycles. The second-order valence-corrected chi connectivity index (χ2v) is 8.45. The Morgan fingerprint density at radius 2 is 2.00 bits per heavy atom. The largest absolute Gasteiger partial charge is 0.387 e. The van der Waals surface area contributed by atoms with E-state index in [0.29, 0.717) is 25.2 Å². The minimum atomic E-state index is -3.58. The molecule has 0 amide bonds. The molecule has 124 valence electrons. The first-order valence-electron chi connectivity index (χ1n) is 7.75. The van der Waals surface area contributed by atoms with Gasteiger partial charge in [-0.3, -0.25) is 4.68 Å². The van der Waals surface area contributed by atoms with Crippen LogP contribution in [0, 0.1) is 6.92 Å². The van der Waals surface area contributed by atoms with Crippen molar-refractivity contribution < 1.29 is 13.5 Å². The van der Waals surface area contributed by atoms with Crippen LogP contribution in [0.2, 0.25) is 0 Å². The van der Waals surface area contributed by atoms with Crippen LogP contribution in [0.1, 0.15) is 25.0 Å². The lowest BCUT2D eigenvalue weighted by atomic mass is 10.0. The molecule has 2 fully saturated rings. The average molecular weight is 328 g/mol. The van der Waals surface area contributed by atoms with Gasteiger partial charge in [-0.05, 0) is 39.3 Å². The van der Waals surface area contributed by atoms with E-state index in [-0.39, 0.29) is 11.4 Å². The number of rotatable bonds is 4. The van der Waals surface area contributed by atoms with Crippen molar-refractivity contribution in [2.75, 3.05) is 32.7 Å². The average Bonchev–Trinajstić information content (AvgIpc) is 3.12. The van der Waals surface area contributed by atoms with Gasteiger partial charge in [0, 0.05) is 32.9 Å². The second-order valence-electron chi connectivity index (χ2n) is 6.55. The number of aryl methyl sites for hydroxylation is 2. The number of sulfonamides is 1. The molecule has 22 heavy (non-hydrogen) atoms. The van der Waals surface area contributed by atoms with Crippen molar-refractivity contribution in [3.05, 3.63) is 11.9 Å². The van der Waals surface area contributed by atoms with Gasteiger partial charge < -0.3 is 10.0 Å². The van der Waals surface area contributed by atoms with E-state index >= 15 is 0 Å². The third-order valence-corrected chi connectivity index (χ3v) is 6.55. The maximum atomic E-state index is 12.7. The van der Waals surface area contributed by atoms with E-state index in [9.17, 15) is 13.5 Å². The van der Waals surface area contributed by atoms with Gasteiger partial charge in [-0.1, -0.05) is 0 Å². The van der Waals surface area contributed by atoms with Crippen LogP contribution in [-0.2, 0) is 17.1 Å². The van der Waals surface area contributed by atoms with Crippen molar-refractivity contribution in [2.24, 2.45) is 7.05 Å². The van der Waals surface area contributed by atoms with E-state index in [1.807, 2.05) is 0 Å². The van der Waals surface area contributed by atoms with Gasteiger partial charge >= 0.3 is 0 Å². The summed E-state index contributed by atoms with van der Waals surface area (Å²) in [6.07, 6.45) is 4.34. The second kappa shape index (κ2) is 5.59. The summed E-state index contributed by atoms with van der Waals surface area (Å²) in [4.78, 5) is 2.46. The Balaban J connectivity index is 1.75. The number of hydrogen-bond acceptors (Lipinski definition) is 5. The Hall–Kier alpha value is -0.960. The first-order valence-corrected chi connectivity index (χ1v) is 9.19. The number of aliphatic hydroxyl groups is 1. The summed E-state index contributed by atoms with van der Waals surface area (Å²) < 4.78 is 28.4. The summed E-state index contributed by atoms with van der Waals surface area (Å²) in [5, 5.41) is 14.8. The predicted octanol–water partition coefficient (Wildman–Crippen LogP) is -0.0502. The summed E-state index contributed by atoms with van der Waals surface area (Å²) in [7, 11) is -1.87. The monoisotopic (exact) mass is 328 g/mol. The smallest absolute Gasteiger partial charge is 0.246 e. The quantitative estimate of drug-likeness (QED) is 0.838. The first-order chi connectivity index (χ1) is 10.3. The molecule has 1 N–H and O–H groups in total. The van der Waals surface area contributed by atoms with Gasteiger partial charge in [-0.15, -0.1) is 0 Å². The number of aromatic nitrogens is 2. The zero-order valence-electron chi connectivity index (χ0n) is 13.2. The summed E-state index contributed by atoms with van der Waals surface area (Å²) in [5.41, 5.74) is -0.439. The molecule has 3 rings (SSSR count). The van der Waals surface area contributed by atoms with E-state index in [0.717, 1.165) is 25.9 Å². The van der Waals surface area contributed by atoms with Crippen LogP contribution in [0.4, 0.5) is 0 Å². The van der Waals surface area contributed by atoms with Crippen LogP contribution < -0.4 is 0 Å². The molecule has 1 atom stereocenters. The van der Waals surface area contributed by atoms with E-state index in [1.54, 1.807) is 14.0 Å². The minimum Gasteiger partial charge on any atom is -0.387 e. The number of likely N-dealkylation sites (tertiary alicyclic amines) is 1. The summed E-state index contributed by atoms with van der Waals surface area (Å²) in [6.45, 7) is 4.78. The highest BCUT2D eigenvalue weighted by molar-refractivity contribution is 7.89. The van der Waals surface area contributed by atoms with Gasteiger partial charge in [0.15, 0.2) is 0 Å². The van der Waals surface area contributed by atoms with Crippen molar-refractivity contribution in [2.45, 2.75) is 36.7 Å². The predicted molar refractivity (Wildman–Crippen MR) is 81.9 cm³/mol. The van der Waals surface area contributed by atoms with Crippen molar-refractivity contribution in [3.8, 4) is 0 Å². The van der Waals surface area contributed by atoms with Crippen LogP contribution in [0.3, 0.4) is 0 Å². The number of nitrogens with zero attached hydrogens (tertiary/aromatic N) is 4. The maximum absolute atomic E-state index is 12.7. The van der Waals surface area contributed by atoms with Crippen LogP contribution >= 0.6 is 0 Å². The molecule has 0 bridgehead atoms. The minimum absolute atomic E-state index is 0.167. The molecule has 0 saturated carbocycles. The molecule has 2 saturated heterocycles. The molecule has 7 nitrogen and oxygen atoms in total. The van der Waals surface area contributed by atoms with Crippen molar-refractivity contribution >= 4 is 10.0 Å². The van der Waals surface area contributed by atoms with E-state index in [4.69, 9.17) is 0 Å². The highest BCUT2D eigenvalue weighted by Gasteiger charge is 2.43. The molecular weight excluding hydrogens is 304 g/mol. The highest BCUT2D eigenvalue weighted by atomic mass is 32.2. The standard InChI is InChI=1S/C14H24N4O3S/c1-12-13(9-16(2)15-12)22(20,21)18-8-5-14(19,11-18)10-17-6-3-4-7-17/h9,19H,3-8,10-11H2,1-2H3/t14-/m1/s1. The van der Waals surface area contributed by atoms with Crippen LogP contribution in [-0.4, -0.2) is 70.8 Å². The molecule has 0 aromatic carbocycles. The van der Waals surface area contributed by atoms with Crippen molar-refractivity contribution in [3.63, 3.8) is 0 Å². The van der Waals surface area contributed by atoms with Gasteiger partial charge in [0.25, 0.3) is 0 Å². The summed E-state index contributed by atoms with van der Waals surface area (Å²) in [5.74, 6) is 0. The molecule has 2 aliphatic rings. The van der Waals surface area contributed by atoms with Crippen LogP contribution in [0.25, 0.3) is 0 Å². The molecule has 3 heterocycles. The molecule has 0 radical (unpaired) electrons. The fourth-order valence-electron chi connectivity index (χ4n) is 3.48. The van der Waals surface area contributed by atoms with Gasteiger partial charge in [0.1, 0.15) is 4.90 Å². The SMILES string of the molecule is Cc1nn(C)cc1S(=O)(=O)N1CC[C@@](O)(CN2CCCC2)C1. The van der Waals surface area contributed by atoms with Crippen LogP contribution in [0.5, 0.6) is 0 Å². The Morgan fingerprint density at radius 1 is 1.32 bits per heavy atom. The molecule has 1 aromatic rings. The molecule has 8 heteroatoms. The lowest BCUT2D eigenvalue weighted by Crippen LogP contribution is -2.45. The topological polar surface area (TPSA) is 78.7 Å². The van der Waals surface area contributed by atoms with Gasteiger partial charge in [-0.2, -0.15) is 9.40 Å². The normalized spacial score (nSPS) is 27.8. The molecule has 0 aliphatic carbocycles. The zero-order chi connectivity index (χ0) is 16.0. The Labute approximate surface area is 131 Å². The van der Waals surface area contributed by atoms with E-state index in [1.165, 1.54) is 15.2 Å². The summed E-state index contributed by atoms with van der Waals surface area (Å²) in [6, 6.07) is 0. The Bertz CT molecular complexity index is 651. The number of hydrogen-bond donors (Lipinski definition) is 1. The maximum Gasteiger partial charge on any atom is 0.246 e. The zero-order valence-corrected chi connectivity index (χ0v) is 14.0. The molecule has 0 unspecified atom stereocenters. The third-order valence-electron chi connectivity index (χ3n) is 4.60. The van der Waals surface area contributed by atoms with Crippen molar-refractivity contribution in [1.29, 1.82) is 0 Å². The lowest BCUT2D eigenvalue weighted by Gasteiger charge is -2.28. The molecule has 1 aromatic heterocycles. The first kappa shape index (κ1) is 15.9. The Kier molecular flexibility index (Phi) is 4.05. The van der Waals surface area contributed by atoms with Gasteiger partial charge in [0.2, 0.25) is 10.0 Å². The lowest BCUT2D eigenvalue weighted by molar-refractivity contribution is 0.0232. The third kappa shape index (κ3) is 2.92. The molecular formula is C14H24N4O3S. The van der Waals surface area contributed by atoms with Gasteiger partial charge in [-0.25, -0.2) is 8.42 Å².